The van der Waals surface area contributed by atoms with E-state index in [0.29, 0.717) is 5.02 Å². The predicted octanol–water partition coefficient (Wildman–Crippen LogP) is 5.37. The zero-order valence-corrected chi connectivity index (χ0v) is 19.2. The summed E-state index contributed by atoms with van der Waals surface area (Å²) in [4.78, 5) is 28.8. The molecule has 2 aliphatic heterocycles. The van der Waals surface area contributed by atoms with Gasteiger partial charge in [0, 0.05) is 23.3 Å². The number of hydrogen-bond donors (Lipinski definition) is 1. The molecule has 2 aromatic rings. The summed E-state index contributed by atoms with van der Waals surface area (Å²) >= 11 is 5.92. The summed E-state index contributed by atoms with van der Waals surface area (Å²) in [6, 6.07) is 10.9. The van der Waals surface area contributed by atoms with Crippen molar-refractivity contribution in [1.82, 2.24) is 10.2 Å². The number of likely N-dealkylation sites (N-methyl/N-ethyl adjacent to an activating group) is 1. The Hall–Kier alpha value is -3.05. The lowest BCUT2D eigenvalue weighted by atomic mass is 9.87. The summed E-state index contributed by atoms with van der Waals surface area (Å²) in [5.41, 5.74) is 6.51. The van der Waals surface area contributed by atoms with E-state index in [1.165, 1.54) is 10.5 Å². The van der Waals surface area contributed by atoms with Crippen LogP contribution in [0, 0.1) is 6.92 Å². The average Bonchev–Trinajstić information content (AvgIpc) is 2.96. The van der Waals surface area contributed by atoms with Crippen molar-refractivity contribution in [2.24, 2.45) is 0 Å². The quantitative estimate of drug-likeness (QED) is 0.520. The summed E-state index contributed by atoms with van der Waals surface area (Å²) in [6.45, 7) is 8.70. The van der Waals surface area contributed by atoms with Gasteiger partial charge in [0.1, 0.15) is 5.70 Å². The van der Waals surface area contributed by atoms with Gasteiger partial charge in [-0.1, -0.05) is 29.8 Å². The van der Waals surface area contributed by atoms with Crippen molar-refractivity contribution >= 4 is 40.9 Å². The smallest absolute Gasteiger partial charge is 0.329 e. The Morgan fingerprint density at radius 1 is 1.10 bits per heavy atom. The van der Waals surface area contributed by atoms with Crippen LogP contribution in [-0.2, 0) is 11.3 Å². The maximum Gasteiger partial charge on any atom is 0.329 e. The van der Waals surface area contributed by atoms with Crippen LogP contribution in [0.4, 0.5) is 10.5 Å². The number of carbonyl (C=O) groups is 2. The number of halogens is 1. The third kappa shape index (κ3) is 3.86. The second kappa shape index (κ2) is 7.57. The number of nitrogens with one attached hydrogen (secondary N) is 1. The van der Waals surface area contributed by atoms with Crippen molar-refractivity contribution in [3.63, 3.8) is 0 Å². The van der Waals surface area contributed by atoms with Crippen LogP contribution in [0.1, 0.15) is 43.0 Å². The maximum absolute atomic E-state index is 12.9. The molecule has 1 N–H and O–H groups in total. The molecule has 0 atom stereocenters. The molecule has 0 spiro atoms. The van der Waals surface area contributed by atoms with Gasteiger partial charge in [0.25, 0.3) is 5.91 Å². The van der Waals surface area contributed by atoms with E-state index in [1.54, 1.807) is 18.2 Å². The minimum atomic E-state index is -0.417. The zero-order chi connectivity index (χ0) is 22.5. The lowest BCUT2D eigenvalue weighted by Gasteiger charge is -2.41. The van der Waals surface area contributed by atoms with Crippen LogP contribution in [0.2, 0.25) is 5.02 Å². The van der Waals surface area contributed by atoms with Crippen LogP contribution in [-0.4, -0.2) is 29.4 Å². The molecule has 5 nitrogen and oxygen atoms in total. The van der Waals surface area contributed by atoms with Crippen molar-refractivity contribution in [3.8, 4) is 0 Å². The molecule has 0 aliphatic carbocycles. The number of rotatable bonds is 3. The number of nitrogens with zero attached hydrogens (tertiary/aromatic N) is 2. The summed E-state index contributed by atoms with van der Waals surface area (Å²) in [6.07, 6.45) is 4.02. The fraction of sp³-hybridized carbons (Fsp3) is 0.280. The number of anilines is 1. The van der Waals surface area contributed by atoms with Crippen LogP contribution in [0.3, 0.4) is 0 Å². The van der Waals surface area contributed by atoms with Gasteiger partial charge in [-0.25, -0.2) is 4.79 Å². The van der Waals surface area contributed by atoms with Crippen LogP contribution < -0.4 is 10.2 Å². The largest absolute Gasteiger partial charge is 0.365 e. The first-order valence-electron chi connectivity index (χ1n) is 10.2. The molecule has 0 unspecified atom stereocenters. The average molecular weight is 436 g/mol. The molecule has 0 radical (unpaired) electrons. The fourth-order valence-corrected chi connectivity index (χ4v) is 4.24. The Kier molecular flexibility index (Phi) is 5.18. The standard InChI is InChI=1S/C25H26ClN3O2/c1-15-10-22-20(16(2)13-25(3,4)28(22)5)11-18(15)12-21-23(30)29(24(31)27-21)14-17-6-8-19(26)9-7-17/h6-13H,14H2,1-5H3,(H,27,31)/b21-12-. The Bertz CT molecular complexity index is 1150. The van der Waals surface area contributed by atoms with E-state index in [1.807, 2.05) is 19.1 Å². The molecular weight excluding hydrogens is 410 g/mol. The molecule has 160 valence electrons. The van der Waals surface area contributed by atoms with Crippen LogP contribution in [0.5, 0.6) is 0 Å². The molecule has 0 aromatic heterocycles. The van der Waals surface area contributed by atoms with E-state index in [2.05, 4.69) is 56.2 Å². The van der Waals surface area contributed by atoms with Crippen LogP contribution >= 0.6 is 11.6 Å². The lowest BCUT2D eigenvalue weighted by molar-refractivity contribution is -0.123. The van der Waals surface area contributed by atoms with Gasteiger partial charge in [-0.15, -0.1) is 0 Å². The minimum absolute atomic E-state index is 0.0684. The molecule has 1 saturated heterocycles. The SMILES string of the molecule is CC1=CC(C)(C)N(C)c2cc(C)c(/C=C3\NC(=O)N(Cc4ccc(Cl)cc4)C3=O)cc21. The van der Waals surface area contributed by atoms with Gasteiger partial charge in [0.15, 0.2) is 0 Å². The van der Waals surface area contributed by atoms with E-state index in [0.717, 1.165) is 27.9 Å². The van der Waals surface area contributed by atoms with Gasteiger partial charge in [-0.2, -0.15) is 0 Å². The van der Waals surface area contributed by atoms with Gasteiger partial charge in [0.05, 0.1) is 12.1 Å². The first-order chi connectivity index (χ1) is 14.6. The molecule has 0 bridgehead atoms. The topological polar surface area (TPSA) is 52.7 Å². The van der Waals surface area contributed by atoms with Crippen LogP contribution in [0.25, 0.3) is 11.6 Å². The Morgan fingerprint density at radius 3 is 2.45 bits per heavy atom. The number of carbonyl (C=O) groups excluding carboxylic acids is 2. The second-order valence-corrected chi connectivity index (χ2v) is 9.21. The maximum atomic E-state index is 12.9. The van der Waals surface area contributed by atoms with Crippen molar-refractivity contribution in [3.05, 3.63) is 75.4 Å². The van der Waals surface area contributed by atoms with Gasteiger partial charge >= 0.3 is 6.03 Å². The highest BCUT2D eigenvalue weighted by atomic mass is 35.5. The van der Waals surface area contributed by atoms with Crippen molar-refractivity contribution in [2.45, 2.75) is 39.8 Å². The minimum Gasteiger partial charge on any atom is -0.365 e. The summed E-state index contributed by atoms with van der Waals surface area (Å²) < 4.78 is 0. The molecule has 2 aliphatic rings. The molecule has 0 saturated carbocycles. The summed E-state index contributed by atoms with van der Waals surface area (Å²) in [5.74, 6) is -0.331. The third-order valence-corrected chi connectivity index (χ3v) is 6.37. The Labute approximate surface area is 188 Å². The number of imide groups is 1. The number of benzene rings is 2. The highest BCUT2D eigenvalue weighted by molar-refractivity contribution is 6.30. The monoisotopic (exact) mass is 435 g/mol. The van der Waals surface area contributed by atoms with E-state index in [4.69, 9.17) is 11.6 Å². The predicted molar refractivity (Wildman–Crippen MR) is 126 cm³/mol. The first kappa shape index (κ1) is 21.2. The highest BCUT2D eigenvalue weighted by Gasteiger charge is 2.34. The molecule has 2 aromatic carbocycles. The number of aryl methyl sites for hydroxylation is 1. The number of amides is 3. The highest BCUT2D eigenvalue weighted by Crippen LogP contribution is 2.39. The molecule has 3 amide bonds. The summed E-state index contributed by atoms with van der Waals surface area (Å²) in [5, 5.41) is 3.34. The fourth-order valence-electron chi connectivity index (χ4n) is 4.12. The number of hydrogen-bond acceptors (Lipinski definition) is 3. The Morgan fingerprint density at radius 2 is 1.77 bits per heavy atom. The van der Waals surface area contributed by atoms with Gasteiger partial charge < -0.3 is 10.2 Å². The first-order valence-corrected chi connectivity index (χ1v) is 10.6. The molecule has 4 rings (SSSR count). The van der Waals surface area contributed by atoms with E-state index >= 15 is 0 Å². The second-order valence-electron chi connectivity index (χ2n) is 8.77. The molecular formula is C25H26ClN3O2. The van der Waals surface area contributed by atoms with Crippen molar-refractivity contribution in [1.29, 1.82) is 0 Å². The number of allylic oxidation sites excluding steroid dienone is 1. The zero-order valence-electron chi connectivity index (χ0n) is 18.4. The lowest BCUT2D eigenvalue weighted by Crippen LogP contribution is -2.42. The molecule has 1 fully saturated rings. The summed E-state index contributed by atoms with van der Waals surface area (Å²) in [7, 11) is 2.09. The van der Waals surface area contributed by atoms with E-state index < -0.39 is 6.03 Å². The molecule has 6 heteroatoms. The number of urea groups is 1. The Balaban J connectivity index is 1.65. The van der Waals surface area contributed by atoms with Gasteiger partial charge in [0.2, 0.25) is 0 Å². The van der Waals surface area contributed by atoms with Crippen molar-refractivity contribution < 1.29 is 9.59 Å². The third-order valence-electron chi connectivity index (χ3n) is 6.12. The molecule has 2 heterocycles. The van der Waals surface area contributed by atoms with E-state index in [9.17, 15) is 9.59 Å². The normalized spacial score (nSPS) is 18.9. The van der Waals surface area contributed by atoms with E-state index in [-0.39, 0.29) is 23.7 Å². The van der Waals surface area contributed by atoms with Gasteiger partial charge in [-0.05, 0) is 80.3 Å². The molecule has 31 heavy (non-hydrogen) atoms. The van der Waals surface area contributed by atoms with Crippen molar-refractivity contribution in [2.75, 3.05) is 11.9 Å². The number of fused-ring (bicyclic) bond motifs is 1. The van der Waals surface area contributed by atoms with Crippen LogP contribution in [0.15, 0.2) is 48.2 Å². The van der Waals surface area contributed by atoms with Gasteiger partial charge in [-0.3, -0.25) is 9.69 Å².